The average molecular weight is 379 g/mol. The molecule has 0 radical (unpaired) electrons. The van der Waals surface area contributed by atoms with Crippen LogP contribution in [0.5, 0.6) is 0 Å². The summed E-state index contributed by atoms with van der Waals surface area (Å²) in [6.07, 6.45) is -2.04. The largest absolute Gasteiger partial charge is 0.433 e. The van der Waals surface area contributed by atoms with Gasteiger partial charge in [-0.05, 0) is 26.0 Å². The smallest absolute Gasteiger partial charge is 0.358 e. The number of carbonyl (C=O) groups excluding carboxylic acids is 2. The van der Waals surface area contributed by atoms with Gasteiger partial charge in [-0.15, -0.1) is 0 Å². The molecule has 1 saturated heterocycles. The number of aromatic nitrogens is 3. The number of carbonyl (C=O) groups is 2. The number of pyridine rings is 1. The monoisotopic (exact) mass is 379 g/mol. The molecule has 0 aliphatic carbocycles. The first kappa shape index (κ1) is 18.7. The lowest BCUT2D eigenvalue weighted by Gasteiger charge is -2.19. The van der Waals surface area contributed by atoms with Crippen LogP contribution in [0.3, 0.4) is 0 Å². The molecule has 1 unspecified atom stereocenters. The van der Waals surface area contributed by atoms with Gasteiger partial charge in [-0.3, -0.25) is 19.5 Å². The number of halogens is 3. The van der Waals surface area contributed by atoms with Crippen molar-refractivity contribution in [2.75, 3.05) is 5.32 Å². The van der Waals surface area contributed by atoms with Crippen molar-refractivity contribution in [1.82, 2.24) is 19.9 Å². The van der Waals surface area contributed by atoms with Crippen LogP contribution in [0.2, 0.25) is 0 Å². The zero-order valence-corrected chi connectivity index (χ0v) is 14.5. The van der Waals surface area contributed by atoms with E-state index in [2.05, 4.69) is 20.3 Å². The van der Waals surface area contributed by atoms with Gasteiger partial charge in [0, 0.05) is 30.1 Å². The number of hydrogen-bond acceptors (Lipinski definition) is 6. The maximum absolute atomic E-state index is 13.2. The van der Waals surface area contributed by atoms with E-state index < -0.39 is 23.8 Å². The van der Waals surface area contributed by atoms with Crippen LogP contribution < -0.4 is 5.32 Å². The van der Waals surface area contributed by atoms with Gasteiger partial charge in [-0.2, -0.15) is 13.2 Å². The summed E-state index contributed by atoms with van der Waals surface area (Å²) < 4.78 is 39.7. The van der Waals surface area contributed by atoms with Crippen LogP contribution >= 0.6 is 0 Å². The van der Waals surface area contributed by atoms with Crippen molar-refractivity contribution in [3.8, 4) is 11.4 Å². The Labute approximate surface area is 152 Å². The van der Waals surface area contributed by atoms with E-state index >= 15 is 0 Å². The molecule has 0 saturated carbocycles. The van der Waals surface area contributed by atoms with Gasteiger partial charge < -0.3 is 5.32 Å². The molecule has 2 aromatic heterocycles. The highest BCUT2D eigenvalue weighted by Crippen LogP contribution is 2.31. The maximum atomic E-state index is 13.2. The summed E-state index contributed by atoms with van der Waals surface area (Å²) in [5.74, 6) is -1.25. The first-order valence-corrected chi connectivity index (χ1v) is 8.16. The van der Waals surface area contributed by atoms with Crippen LogP contribution in [-0.2, 0) is 15.8 Å². The van der Waals surface area contributed by atoms with Crippen LogP contribution in [0.1, 0.15) is 26.0 Å². The Morgan fingerprint density at radius 1 is 1.26 bits per heavy atom. The third kappa shape index (κ3) is 3.88. The summed E-state index contributed by atoms with van der Waals surface area (Å²) in [5.41, 5.74) is -0.861. The van der Waals surface area contributed by atoms with Gasteiger partial charge >= 0.3 is 6.18 Å². The molecule has 1 aliphatic rings. The first-order valence-electron chi connectivity index (χ1n) is 8.16. The molecule has 3 rings (SSSR count). The van der Waals surface area contributed by atoms with E-state index in [4.69, 9.17) is 0 Å². The van der Waals surface area contributed by atoms with Gasteiger partial charge in [-0.25, -0.2) is 9.97 Å². The molecular weight excluding hydrogens is 363 g/mol. The standard InChI is InChI=1S/C17H16F3N5O2/c1-9(2)25-14(26)6-11(16(25)27)22-13-7-12(17(18,19)20)23-15(24-13)10-4-3-5-21-8-10/h3-5,7-9,11H,6H2,1-2H3,(H,22,23,24). The third-order valence-electron chi connectivity index (χ3n) is 3.96. The molecule has 0 bridgehead atoms. The molecule has 2 aromatic rings. The zero-order valence-electron chi connectivity index (χ0n) is 14.5. The van der Waals surface area contributed by atoms with Gasteiger partial charge in [0.15, 0.2) is 11.5 Å². The average Bonchev–Trinajstić information content (AvgIpc) is 2.88. The highest BCUT2D eigenvalue weighted by Gasteiger charge is 2.40. The second-order valence-electron chi connectivity index (χ2n) is 6.30. The summed E-state index contributed by atoms with van der Waals surface area (Å²) >= 11 is 0. The Morgan fingerprint density at radius 3 is 2.56 bits per heavy atom. The number of alkyl halides is 3. The summed E-state index contributed by atoms with van der Waals surface area (Å²) in [6.45, 7) is 3.37. The van der Waals surface area contributed by atoms with Crippen molar-refractivity contribution in [3.05, 3.63) is 36.3 Å². The minimum absolute atomic E-state index is 0.148. The number of nitrogens with one attached hydrogen (secondary N) is 1. The third-order valence-corrected chi connectivity index (χ3v) is 3.96. The summed E-state index contributed by atoms with van der Waals surface area (Å²) in [6, 6.07) is 2.48. The highest BCUT2D eigenvalue weighted by atomic mass is 19.4. The van der Waals surface area contributed by atoms with Gasteiger partial charge in [0.05, 0.1) is 6.42 Å². The van der Waals surface area contributed by atoms with Crippen LogP contribution in [-0.4, -0.2) is 43.7 Å². The Balaban J connectivity index is 1.96. The van der Waals surface area contributed by atoms with E-state index in [-0.39, 0.29) is 30.0 Å². The molecule has 27 heavy (non-hydrogen) atoms. The maximum Gasteiger partial charge on any atom is 0.433 e. The topological polar surface area (TPSA) is 88.1 Å². The lowest BCUT2D eigenvalue weighted by molar-refractivity contribution is -0.141. The summed E-state index contributed by atoms with van der Waals surface area (Å²) in [4.78, 5) is 36.9. The second-order valence-corrected chi connectivity index (χ2v) is 6.30. The molecule has 3 heterocycles. The van der Waals surface area contributed by atoms with E-state index in [1.165, 1.54) is 18.5 Å². The lowest BCUT2D eigenvalue weighted by Crippen LogP contribution is -2.39. The molecule has 7 nitrogen and oxygen atoms in total. The van der Waals surface area contributed by atoms with E-state index in [0.29, 0.717) is 5.56 Å². The second kappa shape index (κ2) is 6.93. The highest BCUT2D eigenvalue weighted by molar-refractivity contribution is 6.07. The van der Waals surface area contributed by atoms with Crippen LogP contribution in [0, 0.1) is 0 Å². The molecule has 142 valence electrons. The van der Waals surface area contributed by atoms with Crippen LogP contribution in [0.25, 0.3) is 11.4 Å². The molecule has 1 atom stereocenters. The number of anilines is 1. The SMILES string of the molecule is CC(C)N1C(=O)CC(Nc2cc(C(F)(F)F)nc(-c3cccnc3)n2)C1=O. The van der Waals surface area contributed by atoms with E-state index in [1.807, 2.05) is 0 Å². The minimum atomic E-state index is -4.70. The molecular formula is C17H16F3N5O2. The minimum Gasteiger partial charge on any atom is -0.358 e. The van der Waals surface area contributed by atoms with Crippen LogP contribution in [0.15, 0.2) is 30.6 Å². The van der Waals surface area contributed by atoms with E-state index in [0.717, 1.165) is 11.0 Å². The van der Waals surface area contributed by atoms with Crippen molar-refractivity contribution in [1.29, 1.82) is 0 Å². The molecule has 0 aromatic carbocycles. The quantitative estimate of drug-likeness (QED) is 0.822. The molecule has 10 heteroatoms. The first-order chi connectivity index (χ1) is 12.7. The number of likely N-dealkylation sites (tertiary alicyclic amines) is 1. The predicted octanol–water partition coefficient (Wildman–Crippen LogP) is 2.51. The fourth-order valence-electron chi connectivity index (χ4n) is 2.78. The molecule has 1 fully saturated rings. The van der Waals surface area contributed by atoms with E-state index in [9.17, 15) is 22.8 Å². The number of nitrogens with zero attached hydrogens (tertiary/aromatic N) is 4. The number of hydrogen-bond donors (Lipinski definition) is 1. The summed E-state index contributed by atoms with van der Waals surface area (Å²) in [5, 5.41) is 2.64. The van der Waals surface area contributed by atoms with Gasteiger partial charge in [0.25, 0.3) is 5.91 Å². The Morgan fingerprint density at radius 2 is 2.00 bits per heavy atom. The predicted molar refractivity (Wildman–Crippen MR) is 89.3 cm³/mol. The fourth-order valence-corrected chi connectivity index (χ4v) is 2.78. The Bertz CT molecular complexity index is 871. The van der Waals surface area contributed by atoms with Gasteiger partial charge in [0.1, 0.15) is 11.9 Å². The molecule has 0 spiro atoms. The van der Waals surface area contributed by atoms with Crippen molar-refractivity contribution in [2.45, 2.75) is 38.5 Å². The fraction of sp³-hybridized carbons (Fsp3) is 0.353. The Hall–Kier alpha value is -3.04. The van der Waals surface area contributed by atoms with Gasteiger partial charge in [-0.1, -0.05) is 0 Å². The Kier molecular flexibility index (Phi) is 4.81. The normalized spacial score (nSPS) is 17.7. The van der Waals surface area contributed by atoms with Crippen molar-refractivity contribution in [3.63, 3.8) is 0 Å². The molecule has 2 amide bonds. The van der Waals surface area contributed by atoms with Crippen molar-refractivity contribution >= 4 is 17.6 Å². The number of rotatable bonds is 4. The molecule has 1 aliphatic heterocycles. The van der Waals surface area contributed by atoms with Crippen molar-refractivity contribution in [2.24, 2.45) is 0 Å². The summed E-state index contributed by atoms with van der Waals surface area (Å²) in [7, 11) is 0. The van der Waals surface area contributed by atoms with Gasteiger partial charge in [0.2, 0.25) is 5.91 Å². The van der Waals surface area contributed by atoms with E-state index in [1.54, 1.807) is 19.9 Å². The van der Waals surface area contributed by atoms with Crippen molar-refractivity contribution < 1.29 is 22.8 Å². The lowest BCUT2D eigenvalue weighted by atomic mass is 10.2. The zero-order chi connectivity index (χ0) is 19.8. The number of amides is 2. The number of imide groups is 1. The molecule has 1 N–H and O–H groups in total. The van der Waals surface area contributed by atoms with Crippen LogP contribution in [0.4, 0.5) is 19.0 Å².